The van der Waals surface area contributed by atoms with Gasteiger partial charge in [-0.15, -0.1) is 0 Å². The van der Waals surface area contributed by atoms with Gasteiger partial charge in [0.2, 0.25) is 5.91 Å². The van der Waals surface area contributed by atoms with Gasteiger partial charge in [0.15, 0.2) is 0 Å². The molecule has 0 saturated carbocycles. The number of benzene rings is 1. The van der Waals surface area contributed by atoms with E-state index in [4.69, 9.17) is 0 Å². The normalized spacial score (nSPS) is 19.6. The molecule has 1 saturated heterocycles. The Labute approximate surface area is 113 Å². The summed E-state index contributed by atoms with van der Waals surface area (Å²) in [5.41, 5.74) is 2.42. The highest BCUT2D eigenvalue weighted by Crippen LogP contribution is 2.23. The summed E-state index contributed by atoms with van der Waals surface area (Å²) in [4.78, 5) is 13.8. The number of aryl methyl sites for hydroxylation is 1. The third-order valence-electron chi connectivity index (χ3n) is 3.22. The van der Waals surface area contributed by atoms with Gasteiger partial charge >= 0.3 is 0 Å². The molecule has 1 aliphatic rings. The fraction of sp³-hybridized carbons (Fsp3) is 0.500. The molecule has 2 rings (SSSR count). The van der Waals surface area contributed by atoms with E-state index < -0.39 is 0 Å². The minimum Gasteiger partial charge on any atom is -0.322 e. The minimum absolute atomic E-state index is 0.0555. The van der Waals surface area contributed by atoms with Crippen molar-refractivity contribution < 1.29 is 4.79 Å². The number of thioether (sulfide) groups is 1. The molecule has 1 amide bonds. The third-order valence-corrected chi connectivity index (χ3v) is 3.92. The number of carbonyl (C=O) groups excluding carboxylic acids is 1. The Balaban J connectivity index is 2.06. The molecule has 98 valence electrons. The summed E-state index contributed by atoms with van der Waals surface area (Å²) in [6.45, 7) is 3.37. The highest BCUT2D eigenvalue weighted by atomic mass is 32.2. The van der Waals surface area contributed by atoms with E-state index in [1.54, 1.807) is 0 Å². The number of carbonyl (C=O) groups is 1. The summed E-state index contributed by atoms with van der Waals surface area (Å²) >= 11 is 1.83. The summed E-state index contributed by atoms with van der Waals surface area (Å²) in [6.07, 6.45) is 3.21. The van der Waals surface area contributed by atoms with Crippen LogP contribution in [0.25, 0.3) is 0 Å². The predicted molar refractivity (Wildman–Crippen MR) is 76.6 cm³/mol. The summed E-state index contributed by atoms with van der Waals surface area (Å²) < 4.78 is 0. The van der Waals surface area contributed by atoms with Crippen molar-refractivity contribution in [2.45, 2.75) is 19.5 Å². The monoisotopic (exact) mass is 264 g/mol. The van der Waals surface area contributed by atoms with Crippen molar-refractivity contribution in [1.82, 2.24) is 10.2 Å². The molecule has 3 nitrogen and oxygen atoms in total. The first-order valence-corrected chi connectivity index (χ1v) is 7.70. The molecular formula is C14H20N2OS. The zero-order valence-electron chi connectivity index (χ0n) is 11.0. The Bertz CT molecular complexity index is 405. The molecule has 0 bridgehead atoms. The van der Waals surface area contributed by atoms with Crippen molar-refractivity contribution >= 4 is 17.7 Å². The first kappa shape index (κ1) is 13.4. The van der Waals surface area contributed by atoms with Crippen LogP contribution in [0.5, 0.6) is 0 Å². The van der Waals surface area contributed by atoms with Crippen molar-refractivity contribution in [2.75, 3.05) is 25.1 Å². The summed E-state index contributed by atoms with van der Waals surface area (Å²) in [7, 11) is 0. The molecule has 1 heterocycles. The second kappa shape index (κ2) is 6.25. The highest BCUT2D eigenvalue weighted by Gasteiger charge is 2.30. The Hall–Kier alpha value is -1.00. The van der Waals surface area contributed by atoms with E-state index in [0.29, 0.717) is 6.54 Å². The van der Waals surface area contributed by atoms with Crippen LogP contribution in [0, 0.1) is 6.92 Å². The number of amides is 1. The summed E-state index contributed by atoms with van der Waals surface area (Å²) in [6, 6.07) is 8.40. The second-order valence-electron chi connectivity index (χ2n) is 4.63. The lowest BCUT2D eigenvalue weighted by molar-refractivity contribution is -0.128. The lowest BCUT2D eigenvalue weighted by atomic mass is 10.1. The van der Waals surface area contributed by atoms with Crippen LogP contribution >= 0.6 is 11.8 Å². The van der Waals surface area contributed by atoms with Crippen LogP contribution in [0.15, 0.2) is 24.3 Å². The van der Waals surface area contributed by atoms with Crippen LogP contribution in [0.3, 0.4) is 0 Å². The van der Waals surface area contributed by atoms with E-state index in [0.717, 1.165) is 18.7 Å². The summed E-state index contributed by atoms with van der Waals surface area (Å²) in [5.74, 6) is 1.31. The van der Waals surface area contributed by atoms with E-state index >= 15 is 0 Å². The largest absolute Gasteiger partial charge is 0.322 e. The van der Waals surface area contributed by atoms with Crippen molar-refractivity contribution in [3.63, 3.8) is 0 Å². The molecule has 0 radical (unpaired) electrons. The van der Waals surface area contributed by atoms with Gasteiger partial charge in [0.25, 0.3) is 0 Å². The molecule has 1 aromatic rings. The second-order valence-corrected chi connectivity index (χ2v) is 5.61. The maximum absolute atomic E-state index is 11.9. The smallest absolute Gasteiger partial charge is 0.238 e. The van der Waals surface area contributed by atoms with Crippen molar-refractivity contribution in [2.24, 2.45) is 0 Å². The van der Waals surface area contributed by atoms with Crippen LogP contribution in [-0.4, -0.2) is 35.9 Å². The van der Waals surface area contributed by atoms with E-state index in [1.165, 1.54) is 11.1 Å². The van der Waals surface area contributed by atoms with Gasteiger partial charge in [0.1, 0.15) is 6.17 Å². The topological polar surface area (TPSA) is 32.3 Å². The molecule has 4 heteroatoms. The first-order chi connectivity index (χ1) is 8.72. The Kier molecular flexibility index (Phi) is 4.66. The molecule has 1 atom stereocenters. The Morgan fingerprint density at radius 1 is 1.39 bits per heavy atom. The quantitative estimate of drug-likeness (QED) is 0.827. The van der Waals surface area contributed by atoms with Gasteiger partial charge in [-0.2, -0.15) is 11.8 Å². The molecule has 1 N–H and O–H groups in total. The Morgan fingerprint density at radius 2 is 2.11 bits per heavy atom. The van der Waals surface area contributed by atoms with Gasteiger partial charge in [-0.25, -0.2) is 0 Å². The van der Waals surface area contributed by atoms with Gasteiger partial charge < -0.3 is 4.90 Å². The fourth-order valence-electron chi connectivity index (χ4n) is 2.22. The number of nitrogens with zero attached hydrogens (tertiary/aromatic N) is 1. The van der Waals surface area contributed by atoms with Gasteiger partial charge in [-0.05, 0) is 30.9 Å². The van der Waals surface area contributed by atoms with E-state index in [1.807, 2.05) is 16.7 Å². The molecular weight excluding hydrogens is 244 g/mol. The fourth-order valence-corrected chi connectivity index (χ4v) is 2.64. The van der Waals surface area contributed by atoms with E-state index in [2.05, 4.69) is 42.8 Å². The summed E-state index contributed by atoms with van der Waals surface area (Å²) in [5, 5.41) is 3.29. The minimum atomic E-state index is 0.0555. The van der Waals surface area contributed by atoms with Crippen molar-refractivity contribution in [1.29, 1.82) is 0 Å². The Morgan fingerprint density at radius 3 is 2.78 bits per heavy atom. The van der Waals surface area contributed by atoms with Crippen molar-refractivity contribution in [3.05, 3.63) is 35.4 Å². The number of rotatable bonds is 5. The number of hydrogen-bond donors (Lipinski definition) is 1. The molecule has 18 heavy (non-hydrogen) atoms. The molecule has 1 aliphatic heterocycles. The maximum Gasteiger partial charge on any atom is 0.238 e. The molecule has 0 aliphatic carbocycles. The molecule has 0 aromatic heterocycles. The maximum atomic E-state index is 11.9. The van der Waals surface area contributed by atoms with Gasteiger partial charge in [-0.3, -0.25) is 10.1 Å². The van der Waals surface area contributed by atoms with Gasteiger partial charge in [0.05, 0.1) is 6.54 Å². The zero-order chi connectivity index (χ0) is 13.0. The molecule has 1 fully saturated rings. The number of hydrogen-bond acceptors (Lipinski definition) is 3. The predicted octanol–water partition coefficient (Wildman–Crippen LogP) is 2.18. The average molecular weight is 264 g/mol. The highest BCUT2D eigenvalue weighted by molar-refractivity contribution is 7.98. The lowest BCUT2D eigenvalue weighted by Gasteiger charge is -2.24. The third kappa shape index (κ3) is 3.06. The van der Waals surface area contributed by atoms with Crippen LogP contribution in [-0.2, 0) is 4.79 Å². The van der Waals surface area contributed by atoms with E-state index in [-0.39, 0.29) is 12.1 Å². The first-order valence-electron chi connectivity index (χ1n) is 6.30. The van der Waals surface area contributed by atoms with Crippen LogP contribution in [0.4, 0.5) is 0 Å². The zero-order valence-corrected chi connectivity index (χ0v) is 11.8. The van der Waals surface area contributed by atoms with Crippen LogP contribution in [0.1, 0.15) is 23.7 Å². The average Bonchev–Trinajstić information content (AvgIpc) is 2.73. The standard InChI is InChI=1S/C14H20N2OS/c1-11-4-6-12(7-5-11)14-15-10-13(17)16(14)8-3-9-18-2/h4-7,14-15H,3,8-10H2,1-2H3. The molecule has 1 aromatic carbocycles. The number of nitrogens with one attached hydrogen (secondary N) is 1. The molecule has 1 unspecified atom stereocenters. The van der Waals surface area contributed by atoms with Crippen LogP contribution < -0.4 is 5.32 Å². The van der Waals surface area contributed by atoms with Gasteiger partial charge in [-0.1, -0.05) is 29.8 Å². The lowest BCUT2D eigenvalue weighted by Crippen LogP contribution is -2.31. The van der Waals surface area contributed by atoms with Gasteiger partial charge in [0, 0.05) is 6.54 Å². The van der Waals surface area contributed by atoms with E-state index in [9.17, 15) is 4.79 Å². The van der Waals surface area contributed by atoms with Crippen LogP contribution in [0.2, 0.25) is 0 Å². The SMILES string of the molecule is CSCCCN1C(=O)CNC1c1ccc(C)cc1. The molecule has 0 spiro atoms. The van der Waals surface area contributed by atoms with Crippen molar-refractivity contribution in [3.8, 4) is 0 Å².